The van der Waals surface area contributed by atoms with E-state index in [4.69, 9.17) is 9.15 Å². The van der Waals surface area contributed by atoms with E-state index < -0.39 is 17.6 Å². The molecule has 2 amide bonds. The molecule has 2 N–H and O–H groups in total. The first-order valence-electron chi connectivity index (χ1n) is 9.55. The summed E-state index contributed by atoms with van der Waals surface area (Å²) >= 11 is 0. The van der Waals surface area contributed by atoms with Crippen molar-refractivity contribution in [3.63, 3.8) is 0 Å². The lowest BCUT2D eigenvalue weighted by Crippen LogP contribution is -2.45. The summed E-state index contributed by atoms with van der Waals surface area (Å²) in [5, 5.41) is 0. The van der Waals surface area contributed by atoms with E-state index in [-0.39, 0.29) is 13.2 Å². The predicted molar refractivity (Wildman–Crippen MR) is 114 cm³/mol. The fraction of sp³-hybridized carbons (Fsp3) is 0.0870. The number of amides is 2. The molecule has 4 rings (SSSR count). The van der Waals surface area contributed by atoms with Gasteiger partial charge in [0, 0.05) is 5.56 Å². The van der Waals surface area contributed by atoms with E-state index in [1.807, 2.05) is 48.5 Å². The number of hydrogen-bond acceptors (Lipinski definition) is 5. The zero-order chi connectivity index (χ0) is 21.6. The SMILES string of the molecule is O=C(COc1ccccc1-c1ccccc1)NNC(=O)Cn1c(=O)oc2ccccc21. The Morgan fingerprint density at radius 2 is 1.52 bits per heavy atom. The van der Waals surface area contributed by atoms with Gasteiger partial charge < -0.3 is 9.15 Å². The van der Waals surface area contributed by atoms with E-state index in [2.05, 4.69) is 10.9 Å². The number of hydrogen-bond donors (Lipinski definition) is 2. The first-order chi connectivity index (χ1) is 15.1. The summed E-state index contributed by atoms with van der Waals surface area (Å²) < 4.78 is 11.9. The highest BCUT2D eigenvalue weighted by Gasteiger charge is 2.13. The Hall–Kier alpha value is -4.33. The van der Waals surface area contributed by atoms with Crippen molar-refractivity contribution >= 4 is 22.9 Å². The second-order valence-corrected chi connectivity index (χ2v) is 6.67. The van der Waals surface area contributed by atoms with Gasteiger partial charge in [-0.25, -0.2) is 4.79 Å². The summed E-state index contributed by atoms with van der Waals surface area (Å²) in [6.45, 7) is -0.591. The summed E-state index contributed by atoms with van der Waals surface area (Å²) in [6.07, 6.45) is 0. The molecular formula is C23H19N3O5. The van der Waals surface area contributed by atoms with Crippen LogP contribution in [-0.4, -0.2) is 23.0 Å². The van der Waals surface area contributed by atoms with Crippen molar-refractivity contribution < 1.29 is 18.7 Å². The number of fused-ring (bicyclic) bond motifs is 1. The standard InChI is InChI=1S/C23H19N3O5/c27-21(14-26-18-11-5-7-13-20(18)31-23(26)29)24-25-22(28)15-30-19-12-6-4-10-17(19)16-8-2-1-3-9-16/h1-13H,14-15H2,(H,24,27)(H,25,28). The molecular weight excluding hydrogens is 398 g/mol. The van der Waals surface area contributed by atoms with E-state index >= 15 is 0 Å². The molecule has 0 aliphatic heterocycles. The molecule has 0 saturated carbocycles. The van der Waals surface area contributed by atoms with Gasteiger partial charge in [0.05, 0.1) is 5.52 Å². The van der Waals surface area contributed by atoms with Gasteiger partial charge in [0.25, 0.3) is 11.8 Å². The van der Waals surface area contributed by atoms with Crippen molar-refractivity contribution in [1.82, 2.24) is 15.4 Å². The van der Waals surface area contributed by atoms with Crippen LogP contribution in [0.3, 0.4) is 0 Å². The summed E-state index contributed by atoms with van der Waals surface area (Å²) in [7, 11) is 0. The number of carbonyl (C=O) groups excluding carboxylic acids is 2. The summed E-state index contributed by atoms with van der Waals surface area (Å²) in [6, 6.07) is 23.8. The minimum absolute atomic E-state index is 0.293. The van der Waals surface area contributed by atoms with Crippen molar-refractivity contribution in [2.24, 2.45) is 0 Å². The average molecular weight is 417 g/mol. The summed E-state index contributed by atoms with van der Waals surface area (Å²) in [5.74, 6) is -1.22. The van der Waals surface area contributed by atoms with E-state index in [1.54, 1.807) is 30.3 Å². The van der Waals surface area contributed by atoms with Crippen LogP contribution in [0.2, 0.25) is 0 Å². The molecule has 0 aliphatic carbocycles. The lowest BCUT2D eigenvalue weighted by Gasteiger charge is -2.12. The van der Waals surface area contributed by atoms with Crippen molar-refractivity contribution in [2.45, 2.75) is 6.54 Å². The number of para-hydroxylation sites is 3. The topological polar surface area (TPSA) is 103 Å². The molecule has 0 saturated heterocycles. The molecule has 31 heavy (non-hydrogen) atoms. The highest BCUT2D eigenvalue weighted by molar-refractivity contribution is 5.84. The van der Waals surface area contributed by atoms with Crippen LogP contribution in [0.5, 0.6) is 5.75 Å². The van der Waals surface area contributed by atoms with Gasteiger partial charge in [-0.15, -0.1) is 0 Å². The number of carbonyl (C=O) groups is 2. The van der Waals surface area contributed by atoms with E-state index in [1.165, 1.54) is 4.57 Å². The number of rotatable bonds is 6. The molecule has 3 aromatic carbocycles. The van der Waals surface area contributed by atoms with Crippen molar-refractivity contribution in [2.75, 3.05) is 6.61 Å². The van der Waals surface area contributed by atoms with Gasteiger partial charge in [0.2, 0.25) is 0 Å². The van der Waals surface area contributed by atoms with Crippen molar-refractivity contribution in [1.29, 1.82) is 0 Å². The Morgan fingerprint density at radius 3 is 2.35 bits per heavy atom. The van der Waals surface area contributed by atoms with Crippen LogP contribution in [0.25, 0.3) is 22.2 Å². The smallest absolute Gasteiger partial charge is 0.420 e. The van der Waals surface area contributed by atoms with Crippen LogP contribution in [0, 0.1) is 0 Å². The number of aromatic nitrogens is 1. The Balaban J connectivity index is 1.33. The number of oxazole rings is 1. The van der Waals surface area contributed by atoms with Crippen LogP contribution in [0.4, 0.5) is 0 Å². The third kappa shape index (κ3) is 4.64. The molecule has 8 heteroatoms. The maximum atomic E-state index is 12.2. The molecule has 8 nitrogen and oxygen atoms in total. The molecule has 0 fully saturated rings. The molecule has 1 heterocycles. The second kappa shape index (κ2) is 9.00. The fourth-order valence-electron chi connectivity index (χ4n) is 3.11. The monoisotopic (exact) mass is 417 g/mol. The van der Waals surface area contributed by atoms with Crippen molar-refractivity contribution in [3.05, 3.63) is 89.4 Å². The number of benzene rings is 3. The van der Waals surface area contributed by atoms with Gasteiger partial charge >= 0.3 is 5.76 Å². The molecule has 156 valence electrons. The summed E-state index contributed by atoms with van der Waals surface area (Å²) in [4.78, 5) is 36.2. The van der Waals surface area contributed by atoms with Crippen LogP contribution in [0.1, 0.15) is 0 Å². The first kappa shape index (κ1) is 20.0. The van der Waals surface area contributed by atoms with Crippen LogP contribution in [0.15, 0.2) is 88.1 Å². The number of nitrogens with one attached hydrogen (secondary N) is 2. The van der Waals surface area contributed by atoms with Gasteiger partial charge in [-0.3, -0.25) is 25.0 Å². The van der Waals surface area contributed by atoms with E-state index in [9.17, 15) is 14.4 Å². The highest BCUT2D eigenvalue weighted by atomic mass is 16.5. The molecule has 0 aliphatic rings. The zero-order valence-electron chi connectivity index (χ0n) is 16.4. The third-order valence-electron chi connectivity index (χ3n) is 4.55. The van der Waals surface area contributed by atoms with E-state index in [0.717, 1.165) is 11.1 Å². The molecule has 0 radical (unpaired) electrons. The molecule has 0 spiro atoms. The molecule has 4 aromatic rings. The minimum Gasteiger partial charge on any atom is -0.483 e. The number of nitrogens with zero attached hydrogens (tertiary/aromatic N) is 1. The Bertz CT molecular complexity index is 1280. The fourth-order valence-corrected chi connectivity index (χ4v) is 3.11. The Morgan fingerprint density at radius 1 is 0.839 bits per heavy atom. The highest BCUT2D eigenvalue weighted by Crippen LogP contribution is 2.29. The maximum absolute atomic E-state index is 12.2. The van der Waals surface area contributed by atoms with Gasteiger partial charge in [-0.05, 0) is 23.8 Å². The Labute approximate surface area is 177 Å². The van der Waals surface area contributed by atoms with Gasteiger partial charge in [0.15, 0.2) is 12.2 Å². The van der Waals surface area contributed by atoms with Gasteiger partial charge in [-0.2, -0.15) is 0 Å². The van der Waals surface area contributed by atoms with Crippen LogP contribution in [-0.2, 0) is 16.1 Å². The molecule has 0 bridgehead atoms. The summed E-state index contributed by atoms with van der Waals surface area (Å²) in [5.41, 5.74) is 7.25. The van der Waals surface area contributed by atoms with Gasteiger partial charge in [0.1, 0.15) is 12.3 Å². The maximum Gasteiger partial charge on any atom is 0.420 e. The first-order valence-corrected chi connectivity index (χ1v) is 9.55. The largest absolute Gasteiger partial charge is 0.483 e. The Kier molecular flexibility index (Phi) is 5.79. The molecule has 1 aromatic heterocycles. The second-order valence-electron chi connectivity index (χ2n) is 6.67. The minimum atomic E-state index is -0.650. The van der Waals surface area contributed by atoms with Crippen molar-refractivity contribution in [3.8, 4) is 16.9 Å². The van der Waals surface area contributed by atoms with Crippen LogP contribution < -0.4 is 21.3 Å². The zero-order valence-corrected chi connectivity index (χ0v) is 16.4. The molecule has 0 unspecified atom stereocenters. The number of hydrazine groups is 1. The average Bonchev–Trinajstić information content (AvgIpc) is 3.12. The third-order valence-corrected chi connectivity index (χ3v) is 4.55. The lowest BCUT2D eigenvalue weighted by molar-refractivity contribution is -0.130. The quantitative estimate of drug-likeness (QED) is 0.469. The normalized spacial score (nSPS) is 10.6. The van der Waals surface area contributed by atoms with Crippen LogP contribution >= 0.6 is 0 Å². The van der Waals surface area contributed by atoms with Gasteiger partial charge in [-0.1, -0.05) is 60.7 Å². The number of ether oxygens (including phenoxy) is 1. The molecule has 0 atom stereocenters. The predicted octanol–water partition coefficient (Wildman–Crippen LogP) is 2.49. The van der Waals surface area contributed by atoms with E-state index in [0.29, 0.717) is 16.8 Å². The lowest BCUT2D eigenvalue weighted by atomic mass is 10.1.